The van der Waals surface area contributed by atoms with Gasteiger partial charge in [0.2, 0.25) is 15.9 Å². The van der Waals surface area contributed by atoms with E-state index in [2.05, 4.69) is 5.32 Å². The largest absolute Gasteiger partial charge is 0.416 e. The first-order valence-electron chi connectivity index (χ1n) is 9.26. The summed E-state index contributed by atoms with van der Waals surface area (Å²) in [7, 11) is -4.12. The SMILES string of the molecule is O=C(NCCc1cccs1)C1CCCN(S(=O)(=O)c2ccc(C(F)(F)F)cc2Cl)C1. The molecule has 0 bridgehead atoms. The maximum atomic E-state index is 12.9. The molecule has 30 heavy (non-hydrogen) atoms. The van der Waals surface area contributed by atoms with Crippen LogP contribution in [-0.2, 0) is 27.4 Å². The number of piperidine rings is 1. The molecule has 1 aliphatic heterocycles. The van der Waals surface area contributed by atoms with Crippen molar-refractivity contribution in [1.82, 2.24) is 9.62 Å². The Hall–Kier alpha value is -1.62. The van der Waals surface area contributed by atoms with Gasteiger partial charge < -0.3 is 5.32 Å². The summed E-state index contributed by atoms with van der Waals surface area (Å²) in [5.41, 5.74) is -1.02. The first kappa shape index (κ1) is 23.1. The Morgan fingerprint density at radius 2 is 2.07 bits per heavy atom. The van der Waals surface area contributed by atoms with Gasteiger partial charge in [-0.3, -0.25) is 4.79 Å². The van der Waals surface area contributed by atoms with E-state index in [1.165, 1.54) is 0 Å². The van der Waals surface area contributed by atoms with Gasteiger partial charge in [0.1, 0.15) is 4.90 Å². The molecule has 3 rings (SSSR count). The van der Waals surface area contributed by atoms with E-state index in [0.717, 1.165) is 15.2 Å². The molecule has 1 N–H and O–H groups in total. The number of alkyl halides is 3. The van der Waals surface area contributed by atoms with Gasteiger partial charge in [-0.1, -0.05) is 17.7 Å². The van der Waals surface area contributed by atoms with Crippen molar-refractivity contribution in [3.63, 3.8) is 0 Å². The fourth-order valence-corrected chi connectivity index (χ4v) is 6.06. The van der Waals surface area contributed by atoms with Gasteiger partial charge in [-0.15, -0.1) is 11.3 Å². The van der Waals surface area contributed by atoms with Crippen molar-refractivity contribution < 1.29 is 26.4 Å². The van der Waals surface area contributed by atoms with Crippen LogP contribution >= 0.6 is 22.9 Å². The summed E-state index contributed by atoms with van der Waals surface area (Å²) < 4.78 is 65.5. The first-order valence-corrected chi connectivity index (χ1v) is 12.0. The van der Waals surface area contributed by atoms with E-state index in [9.17, 15) is 26.4 Å². The zero-order chi connectivity index (χ0) is 21.9. The molecule has 0 spiro atoms. The number of thiophene rings is 1. The summed E-state index contributed by atoms with van der Waals surface area (Å²) in [5.74, 6) is -0.755. The lowest BCUT2D eigenvalue weighted by molar-refractivity contribution is -0.137. The molecule has 0 aliphatic carbocycles. The zero-order valence-corrected chi connectivity index (χ0v) is 18.2. The monoisotopic (exact) mass is 480 g/mol. The standard InChI is InChI=1S/C19H20ClF3N2O3S2/c20-16-11-14(19(21,22)23)5-6-17(16)30(27,28)25-9-1-3-13(12-25)18(26)24-8-7-15-4-2-10-29-15/h2,4-6,10-11,13H,1,3,7-9,12H2,(H,24,26). The number of benzene rings is 1. The zero-order valence-electron chi connectivity index (χ0n) is 15.8. The third-order valence-electron chi connectivity index (χ3n) is 4.88. The summed E-state index contributed by atoms with van der Waals surface area (Å²) in [5, 5.41) is 4.29. The molecule has 11 heteroatoms. The molecular formula is C19H20ClF3N2O3S2. The number of hydrogen-bond donors (Lipinski definition) is 1. The van der Waals surface area contributed by atoms with E-state index in [1.807, 2.05) is 17.5 Å². The maximum Gasteiger partial charge on any atom is 0.416 e. The molecule has 0 radical (unpaired) electrons. The number of carbonyl (C=O) groups is 1. The van der Waals surface area contributed by atoms with Crippen LogP contribution in [0, 0.1) is 5.92 Å². The van der Waals surface area contributed by atoms with Gasteiger partial charge >= 0.3 is 6.18 Å². The average Bonchev–Trinajstić information content (AvgIpc) is 3.20. The summed E-state index contributed by atoms with van der Waals surface area (Å²) in [4.78, 5) is 13.2. The fourth-order valence-electron chi connectivity index (χ4n) is 3.31. The van der Waals surface area contributed by atoms with E-state index in [0.29, 0.717) is 37.9 Å². The minimum Gasteiger partial charge on any atom is -0.355 e. The number of sulfonamides is 1. The highest BCUT2D eigenvalue weighted by atomic mass is 35.5. The summed E-state index contributed by atoms with van der Waals surface area (Å²) >= 11 is 7.46. The molecule has 1 aromatic heterocycles. The molecule has 1 amide bonds. The second kappa shape index (κ2) is 9.25. The predicted octanol–water partition coefficient (Wildman–Crippen LogP) is 4.18. The molecule has 2 aromatic rings. The fraction of sp³-hybridized carbons (Fsp3) is 0.421. The Morgan fingerprint density at radius 3 is 2.70 bits per heavy atom. The van der Waals surface area contributed by atoms with Gasteiger partial charge in [0.05, 0.1) is 16.5 Å². The Morgan fingerprint density at radius 1 is 1.30 bits per heavy atom. The molecule has 1 atom stereocenters. The molecule has 2 heterocycles. The highest BCUT2D eigenvalue weighted by Crippen LogP contribution is 2.35. The van der Waals surface area contributed by atoms with Crippen LogP contribution in [0.1, 0.15) is 23.3 Å². The number of halogens is 4. The molecule has 164 valence electrons. The van der Waals surface area contributed by atoms with Crippen molar-refractivity contribution in [2.45, 2.75) is 30.3 Å². The Kier molecular flexibility index (Phi) is 7.11. The Bertz CT molecular complexity index is 995. The molecule has 5 nitrogen and oxygen atoms in total. The van der Waals surface area contributed by atoms with Crippen molar-refractivity contribution in [3.8, 4) is 0 Å². The minimum atomic E-state index is -4.62. The molecular weight excluding hydrogens is 461 g/mol. The quantitative estimate of drug-likeness (QED) is 0.674. The van der Waals surface area contributed by atoms with Crippen LogP contribution in [0.5, 0.6) is 0 Å². The van der Waals surface area contributed by atoms with Crippen LogP contribution in [0.4, 0.5) is 13.2 Å². The lowest BCUT2D eigenvalue weighted by atomic mass is 9.99. The first-order chi connectivity index (χ1) is 14.1. The van der Waals surface area contributed by atoms with E-state index in [1.54, 1.807) is 11.3 Å². The summed E-state index contributed by atoms with van der Waals surface area (Å²) in [6.45, 7) is 0.594. The third kappa shape index (κ3) is 5.35. The highest BCUT2D eigenvalue weighted by Gasteiger charge is 2.36. The number of amides is 1. The second-order valence-electron chi connectivity index (χ2n) is 6.97. The van der Waals surface area contributed by atoms with Crippen molar-refractivity contribution in [1.29, 1.82) is 0 Å². The lowest BCUT2D eigenvalue weighted by Crippen LogP contribution is -2.45. The van der Waals surface area contributed by atoms with Crippen molar-refractivity contribution in [2.24, 2.45) is 5.92 Å². The molecule has 1 unspecified atom stereocenters. The molecule has 1 fully saturated rings. The predicted molar refractivity (Wildman–Crippen MR) is 109 cm³/mol. The Balaban J connectivity index is 1.67. The third-order valence-corrected chi connectivity index (χ3v) is 8.17. The lowest BCUT2D eigenvalue weighted by Gasteiger charge is -2.31. The summed E-state index contributed by atoms with van der Waals surface area (Å²) in [6.07, 6.45) is -2.92. The van der Waals surface area contributed by atoms with Gasteiger partial charge in [-0.25, -0.2) is 8.42 Å². The molecule has 0 saturated carbocycles. The van der Waals surface area contributed by atoms with E-state index < -0.39 is 37.6 Å². The van der Waals surface area contributed by atoms with Crippen LogP contribution in [-0.4, -0.2) is 38.3 Å². The normalized spacial score (nSPS) is 18.3. The maximum absolute atomic E-state index is 12.9. The average molecular weight is 481 g/mol. The van der Waals surface area contributed by atoms with Crippen LogP contribution in [0.25, 0.3) is 0 Å². The number of nitrogens with one attached hydrogen (secondary N) is 1. The van der Waals surface area contributed by atoms with Gasteiger partial charge in [0, 0.05) is 24.5 Å². The van der Waals surface area contributed by atoms with Gasteiger partial charge in [-0.2, -0.15) is 17.5 Å². The van der Waals surface area contributed by atoms with Crippen LogP contribution in [0.3, 0.4) is 0 Å². The van der Waals surface area contributed by atoms with Gasteiger partial charge in [0.15, 0.2) is 0 Å². The minimum absolute atomic E-state index is 0.0372. The summed E-state index contributed by atoms with van der Waals surface area (Å²) in [6, 6.07) is 6.06. The number of rotatable bonds is 6. The number of nitrogens with zero attached hydrogens (tertiary/aromatic N) is 1. The van der Waals surface area contributed by atoms with Crippen molar-refractivity contribution in [2.75, 3.05) is 19.6 Å². The van der Waals surface area contributed by atoms with Crippen LogP contribution in [0.2, 0.25) is 5.02 Å². The Labute approximate surface area is 181 Å². The van der Waals surface area contributed by atoms with Crippen LogP contribution in [0.15, 0.2) is 40.6 Å². The van der Waals surface area contributed by atoms with Crippen molar-refractivity contribution >= 4 is 38.9 Å². The van der Waals surface area contributed by atoms with Crippen LogP contribution < -0.4 is 5.32 Å². The van der Waals surface area contributed by atoms with E-state index >= 15 is 0 Å². The number of hydrogen-bond acceptors (Lipinski definition) is 4. The highest BCUT2D eigenvalue weighted by molar-refractivity contribution is 7.89. The van der Waals surface area contributed by atoms with Crippen molar-refractivity contribution in [3.05, 3.63) is 51.2 Å². The smallest absolute Gasteiger partial charge is 0.355 e. The molecule has 1 aromatic carbocycles. The second-order valence-corrected chi connectivity index (χ2v) is 10.3. The van der Waals surface area contributed by atoms with Gasteiger partial charge in [0.25, 0.3) is 0 Å². The van der Waals surface area contributed by atoms with E-state index in [-0.39, 0.29) is 19.0 Å². The number of carbonyl (C=O) groups excluding carboxylic acids is 1. The van der Waals surface area contributed by atoms with Gasteiger partial charge in [-0.05, 0) is 48.9 Å². The topological polar surface area (TPSA) is 66.5 Å². The molecule has 1 aliphatic rings. The molecule has 1 saturated heterocycles. The van der Waals surface area contributed by atoms with E-state index in [4.69, 9.17) is 11.6 Å².